The monoisotopic (exact) mass is 284 g/mol. The van der Waals surface area contributed by atoms with Crippen LogP contribution in [0, 0.1) is 11.3 Å². The number of likely N-dealkylation sites (tertiary alicyclic amines) is 1. The van der Waals surface area contributed by atoms with Crippen molar-refractivity contribution in [3.63, 3.8) is 0 Å². The molecule has 0 saturated carbocycles. The molecule has 2 heterocycles. The van der Waals surface area contributed by atoms with Crippen LogP contribution in [0.25, 0.3) is 0 Å². The summed E-state index contributed by atoms with van der Waals surface area (Å²) in [6.07, 6.45) is 5.57. The Kier molecular flexibility index (Phi) is 6.04. The van der Waals surface area contributed by atoms with Gasteiger partial charge in [0.25, 0.3) is 0 Å². The third kappa shape index (κ3) is 5.28. The summed E-state index contributed by atoms with van der Waals surface area (Å²) in [5.74, 6) is 3.53. The van der Waals surface area contributed by atoms with Crippen molar-refractivity contribution in [2.24, 2.45) is 11.3 Å². The topological polar surface area (TPSA) is 15.3 Å². The molecule has 2 rings (SSSR count). The largest absolute Gasteiger partial charge is 0.312 e. The van der Waals surface area contributed by atoms with Crippen LogP contribution < -0.4 is 5.32 Å². The Bertz CT molecular complexity index is 256. The van der Waals surface area contributed by atoms with Crippen molar-refractivity contribution in [3.05, 3.63) is 0 Å². The molecule has 19 heavy (non-hydrogen) atoms. The minimum atomic E-state index is 0.498. The fraction of sp³-hybridized carbons (Fsp3) is 1.00. The number of nitrogens with zero attached hydrogens (tertiary/aromatic N) is 1. The molecule has 0 amide bonds. The molecule has 0 aromatic rings. The molecule has 0 bridgehead atoms. The van der Waals surface area contributed by atoms with E-state index < -0.39 is 0 Å². The molecule has 0 spiro atoms. The third-order valence-corrected chi connectivity index (χ3v) is 5.97. The number of thioether (sulfide) groups is 1. The Balaban J connectivity index is 1.70. The minimum Gasteiger partial charge on any atom is -0.312 e. The van der Waals surface area contributed by atoms with Crippen LogP contribution in [0.4, 0.5) is 0 Å². The van der Waals surface area contributed by atoms with Crippen LogP contribution in [-0.2, 0) is 0 Å². The fourth-order valence-electron chi connectivity index (χ4n) is 3.39. The summed E-state index contributed by atoms with van der Waals surface area (Å²) < 4.78 is 0. The maximum Gasteiger partial charge on any atom is 0.0170 e. The van der Waals surface area contributed by atoms with Crippen molar-refractivity contribution >= 4 is 11.8 Å². The average molecular weight is 285 g/mol. The van der Waals surface area contributed by atoms with Crippen LogP contribution >= 0.6 is 11.8 Å². The van der Waals surface area contributed by atoms with E-state index in [1.54, 1.807) is 0 Å². The predicted molar refractivity (Wildman–Crippen MR) is 87.0 cm³/mol. The van der Waals surface area contributed by atoms with Gasteiger partial charge in [-0.3, -0.25) is 0 Å². The molecule has 112 valence electrons. The van der Waals surface area contributed by atoms with E-state index in [4.69, 9.17) is 0 Å². The maximum absolute atomic E-state index is 3.66. The SMILES string of the molecule is CC(C)(C)C1CCCN(CCC2CSCCN2)CC1. The standard InChI is InChI=1S/C16H32N2S/c1-16(2,3)14-5-4-9-18(10-6-14)11-7-15-13-19-12-8-17-15/h14-15,17H,4-13H2,1-3H3. The Hall–Kier alpha value is 0.270. The van der Waals surface area contributed by atoms with E-state index in [1.165, 1.54) is 63.4 Å². The fourth-order valence-corrected chi connectivity index (χ4v) is 4.39. The summed E-state index contributed by atoms with van der Waals surface area (Å²) in [6, 6.07) is 0.764. The first kappa shape index (κ1) is 15.7. The van der Waals surface area contributed by atoms with Crippen LogP contribution in [0.2, 0.25) is 0 Å². The van der Waals surface area contributed by atoms with E-state index in [1.807, 2.05) is 0 Å². The van der Waals surface area contributed by atoms with E-state index in [0.29, 0.717) is 5.41 Å². The van der Waals surface area contributed by atoms with Crippen molar-refractivity contribution in [3.8, 4) is 0 Å². The molecule has 0 aromatic carbocycles. The number of hydrogen-bond donors (Lipinski definition) is 1. The molecule has 1 N–H and O–H groups in total. The number of hydrogen-bond acceptors (Lipinski definition) is 3. The average Bonchev–Trinajstić information content (AvgIpc) is 2.62. The summed E-state index contributed by atoms with van der Waals surface area (Å²) >= 11 is 2.12. The van der Waals surface area contributed by atoms with E-state index in [0.717, 1.165) is 12.0 Å². The van der Waals surface area contributed by atoms with E-state index in [9.17, 15) is 0 Å². The van der Waals surface area contributed by atoms with Gasteiger partial charge >= 0.3 is 0 Å². The normalized spacial score (nSPS) is 31.1. The van der Waals surface area contributed by atoms with Crippen LogP contribution in [0.3, 0.4) is 0 Å². The zero-order chi connectivity index (χ0) is 13.7. The summed E-state index contributed by atoms with van der Waals surface area (Å²) in [7, 11) is 0. The lowest BCUT2D eigenvalue weighted by atomic mass is 9.77. The van der Waals surface area contributed by atoms with Gasteiger partial charge in [0.05, 0.1) is 0 Å². The molecule has 2 atom stereocenters. The second-order valence-corrected chi connectivity index (χ2v) is 8.50. The molecule has 0 aliphatic carbocycles. The Morgan fingerprint density at radius 2 is 2.05 bits per heavy atom. The molecule has 2 aliphatic rings. The van der Waals surface area contributed by atoms with Gasteiger partial charge < -0.3 is 10.2 Å². The third-order valence-electron chi connectivity index (χ3n) is 4.84. The summed E-state index contributed by atoms with van der Waals surface area (Å²) in [5, 5.41) is 3.66. The van der Waals surface area contributed by atoms with Crippen LogP contribution in [-0.4, -0.2) is 48.6 Å². The first-order valence-electron chi connectivity index (χ1n) is 8.09. The van der Waals surface area contributed by atoms with Crippen LogP contribution in [0.5, 0.6) is 0 Å². The molecule has 0 radical (unpaired) electrons. The molecule has 2 unspecified atom stereocenters. The van der Waals surface area contributed by atoms with Crippen molar-refractivity contribution in [1.29, 1.82) is 0 Å². The van der Waals surface area contributed by atoms with Crippen LogP contribution in [0.1, 0.15) is 46.5 Å². The van der Waals surface area contributed by atoms with E-state index in [2.05, 4.69) is 42.7 Å². The predicted octanol–water partition coefficient (Wildman–Crippen LogP) is 3.23. The van der Waals surface area contributed by atoms with Gasteiger partial charge in [0.15, 0.2) is 0 Å². The highest BCUT2D eigenvalue weighted by Gasteiger charge is 2.27. The van der Waals surface area contributed by atoms with Gasteiger partial charge in [-0.2, -0.15) is 11.8 Å². The molecule has 2 aliphatic heterocycles. The molecule has 0 aromatic heterocycles. The second-order valence-electron chi connectivity index (χ2n) is 7.35. The second kappa shape index (κ2) is 7.33. The summed E-state index contributed by atoms with van der Waals surface area (Å²) in [5.41, 5.74) is 0.498. The summed E-state index contributed by atoms with van der Waals surface area (Å²) in [6.45, 7) is 12.4. The molecule has 2 fully saturated rings. The van der Waals surface area contributed by atoms with Gasteiger partial charge in [0.2, 0.25) is 0 Å². The first-order chi connectivity index (χ1) is 9.05. The van der Waals surface area contributed by atoms with E-state index in [-0.39, 0.29) is 0 Å². The maximum atomic E-state index is 3.66. The lowest BCUT2D eigenvalue weighted by molar-refractivity contribution is 0.206. The van der Waals surface area contributed by atoms with E-state index >= 15 is 0 Å². The molecular formula is C16H32N2S. The van der Waals surface area contributed by atoms with Gasteiger partial charge in [0, 0.05) is 24.1 Å². The van der Waals surface area contributed by atoms with Gasteiger partial charge in [-0.15, -0.1) is 0 Å². The first-order valence-corrected chi connectivity index (χ1v) is 9.24. The number of nitrogens with one attached hydrogen (secondary N) is 1. The van der Waals surface area contributed by atoms with Crippen molar-refractivity contribution in [2.75, 3.05) is 37.7 Å². The highest BCUT2D eigenvalue weighted by molar-refractivity contribution is 7.99. The van der Waals surface area contributed by atoms with Crippen molar-refractivity contribution in [2.45, 2.75) is 52.5 Å². The van der Waals surface area contributed by atoms with Gasteiger partial charge in [-0.1, -0.05) is 20.8 Å². The molecule has 2 saturated heterocycles. The highest BCUT2D eigenvalue weighted by atomic mass is 32.2. The highest BCUT2D eigenvalue weighted by Crippen LogP contribution is 2.34. The smallest absolute Gasteiger partial charge is 0.0170 e. The van der Waals surface area contributed by atoms with Crippen molar-refractivity contribution in [1.82, 2.24) is 10.2 Å². The Morgan fingerprint density at radius 3 is 2.74 bits per heavy atom. The zero-order valence-corrected chi connectivity index (χ0v) is 13.9. The summed E-state index contributed by atoms with van der Waals surface area (Å²) in [4.78, 5) is 2.71. The molecule has 2 nitrogen and oxygen atoms in total. The van der Waals surface area contributed by atoms with Crippen LogP contribution in [0.15, 0.2) is 0 Å². The zero-order valence-electron chi connectivity index (χ0n) is 13.1. The van der Waals surface area contributed by atoms with Gasteiger partial charge in [0.1, 0.15) is 0 Å². The molecular weight excluding hydrogens is 252 g/mol. The quantitative estimate of drug-likeness (QED) is 0.856. The molecule has 3 heteroatoms. The Labute approximate surface area is 124 Å². The lowest BCUT2D eigenvalue weighted by Gasteiger charge is -2.30. The van der Waals surface area contributed by atoms with Gasteiger partial charge in [-0.25, -0.2) is 0 Å². The number of rotatable bonds is 3. The van der Waals surface area contributed by atoms with Crippen molar-refractivity contribution < 1.29 is 0 Å². The Morgan fingerprint density at radius 1 is 1.21 bits per heavy atom. The lowest BCUT2D eigenvalue weighted by Crippen LogP contribution is -2.40. The van der Waals surface area contributed by atoms with Gasteiger partial charge in [-0.05, 0) is 56.7 Å². The minimum absolute atomic E-state index is 0.498.